The van der Waals surface area contributed by atoms with Gasteiger partial charge in [-0.25, -0.2) is 0 Å². The number of hydrogen-bond acceptors (Lipinski definition) is 3. The molecule has 0 unspecified atom stereocenters. The number of nitrogens with zero attached hydrogens (tertiary/aromatic N) is 2. The molecule has 158 valence electrons. The largest absolute Gasteiger partial charge is 0.416 e. The summed E-state index contributed by atoms with van der Waals surface area (Å²) in [6.45, 7) is 1.91. The topological polar surface area (TPSA) is 72.9 Å². The lowest BCUT2D eigenvalue weighted by molar-refractivity contribution is -0.138. The number of carbonyl (C=O) groups excluding carboxylic acids is 1. The van der Waals surface area contributed by atoms with E-state index in [1.807, 2.05) is 26.1 Å². The molecule has 0 aliphatic heterocycles. The summed E-state index contributed by atoms with van der Waals surface area (Å²) >= 11 is 0. The zero-order chi connectivity index (χ0) is 21.9. The molecular formula is C22H23F3N4O. The molecular weight excluding hydrogens is 393 g/mol. The van der Waals surface area contributed by atoms with E-state index in [1.165, 1.54) is 12.1 Å². The minimum Gasteiger partial charge on any atom is -0.348 e. The first kappa shape index (κ1) is 21.6. The normalized spacial score (nSPS) is 12.6. The van der Waals surface area contributed by atoms with E-state index in [-0.39, 0.29) is 24.4 Å². The van der Waals surface area contributed by atoms with Crippen molar-refractivity contribution in [3.63, 3.8) is 0 Å². The average Bonchev–Trinajstić information content (AvgIpc) is 3.12. The first-order valence-electron chi connectivity index (χ1n) is 9.45. The molecule has 0 aliphatic carbocycles. The number of benzene rings is 2. The van der Waals surface area contributed by atoms with Gasteiger partial charge < -0.3 is 11.1 Å². The predicted octanol–water partition coefficient (Wildman–Crippen LogP) is 3.71. The van der Waals surface area contributed by atoms with Crippen LogP contribution in [0, 0.1) is 6.92 Å². The summed E-state index contributed by atoms with van der Waals surface area (Å²) in [6.07, 6.45) is -2.78. The maximum atomic E-state index is 13.2. The molecule has 1 amide bonds. The molecule has 1 atom stereocenters. The van der Waals surface area contributed by atoms with E-state index in [2.05, 4.69) is 10.4 Å². The van der Waals surface area contributed by atoms with Gasteiger partial charge in [0.2, 0.25) is 0 Å². The fourth-order valence-corrected chi connectivity index (χ4v) is 3.43. The number of amides is 1. The monoisotopic (exact) mass is 416 g/mol. The molecule has 0 saturated carbocycles. The minimum absolute atomic E-state index is 0.00991. The van der Waals surface area contributed by atoms with Crippen LogP contribution in [0.4, 0.5) is 13.2 Å². The third-order valence-electron chi connectivity index (χ3n) is 4.99. The molecule has 0 spiro atoms. The van der Waals surface area contributed by atoms with Gasteiger partial charge in [0.15, 0.2) is 0 Å². The lowest BCUT2D eigenvalue weighted by atomic mass is 9.99. The summed E-state index contributed by atoms with van der Waals surface area (Å²) in [7, 11) is 1.83. The second-order valence-corrected chi connectivity index (χ2v) is 7.13. The summed E-state index contributed by atoms with van der Waals surface area (Å²) in [5.41, 5.74) is 8.29. The number of carbonyl (C=O) groups is 1. The van der Waals surface area contributed by atoms with E-state index < -0.39 is 17.8 Å². The van der Waals surface area contributed by atoms with Gasteiger partial charge in [0.1, 0.15) is 0 Å². The highest BCUT2D eigenvalue weighted by molar-refractivity contribution is 5.95. The molecule has 0 fully saturated rings. The Bertz CT molecular complexity index is 1040. The number of rotatable bonds is 6. The number of aromatic nitrogens is 2. The molecule has 0 saturated heterocycles. The van der Waals surface area contributed by atoms with Crippen LogP contribution in [0.1, 0.15) is 27.0 Å². The number of nitrogens with one attached hydrogen (secondary N) is 1. The Labute approximate surface area is 172 Å². The van der Waals surface area contributed by atoms with Crippen LogP contribution >= 0.6 is 0 Å². The van der Waals surface area contributed by atoms with Crippen LogP contribution in [0.5, 0.6) is 0 Å². The third-order valence-corrected chi connectivity index (χ3v) is 4.99. The van der Waals surface area contributed by atoms with Gasteiger partial charge in [0.05, 0.1) is 11.3 Å². The molecule has 0 aliphatic rings. The molecule has 3 aromatic rings. The first-order chi connectivity index (χ1) is 14.2. The van der Waals surface area contributed by atoms with Crippen LogP contribution in [0.2, 0.25) is 0 Å². The van der Waals surface area contributed by atoms with E-state index in [0.717, 1.165) is 22.9 Å². The van der Waals surface area contributed by atoms with Gasteiger partial charge in [0.25, 0.3) is 5.91 Å². The summed E-state index contributed by atoms with van der Waals surface area (Å²) in [5.74, 6) is -0.380. The lowest BCUT2D eigenvalue weighted by Gasteiger charge is -2.20. The SMILES string of the molecule is Cc1cc(C(=O)N[C@@H](CN)Cc2ccccc2C(F)(F)F)ccc1-c1ccnn1C. The summed E-state index contributed by atoms with van der Waals surface area (Å²) in [5, 5.41) is 6.90. The first-order valence-corrected chi connectivity index (χ1v) is 9.45. The van der Waals surface area contributed by atoms with Gasteiger partial charge in [0, 0.05) is 37.0 Å². The number of nitrogens with two attached hydrogens (primary N) is 1. The predicted molar refractivity (Wildman–Crippen MR) is 109 cm³/mol. The van der Waals surface area contributed by atoms with Crippen molar-refractivity contribution in [3.05, 3.63) is 77.0 Å². The molecule has 1 heterocycles. The Hall–Kier alpha value is -3.13. The van der Waals surface area contributed by atoms with Gasteiger partial charge in [-0.2, -0.15) is 18.3 Å². The van der Waals surface area contributed by atoms with Crippen molar-refractivity contribution in [2.75, 3.05) is 6.54 Å². The second-order valence-electron chi connectivity index (χ2n) is 7.13. The quantitative estimate of drug-likeness (QED) is 0.643. The fraction of sp³-hybridized carbons (Fsp3) is 0.273. The van der Waals surface area contributed by atoms with Crippen molar-refractivity contribution in [3.8, 4) is 11.3 Å². The van der Waals surface area contributed by atoms with Crippen LogP contribution < -0.4 is 11.1 Å². The maximum Gasteiger partial charge on any atom is 0.416 e. The Morgan fingerprint density at radius 3 is 2.53 bits per heavy atom. The molecule has 5 nitrogen and oxygen atoms in total. The van der Waals surface area contributed by atoms with Crippen molar-refractivity contribution >= 4 is 5.91 Å². The van der Waals surface area contributed by atoms with Crippen molar-refractivity contribution in [1.29, 1.82) is 0 Å². The van der Waals surface area contributed by atoms with E-state index in [0.29, 0.717) is 5.56 Å². The summed E-state index contributed by atoms with van der Waals surface area (Å²) in [6, 6.07) is 11.8. The molecule has 2 aromatic carbocycles. The van der Waals surface area contributed by atoms with Crippen molar-refractivity contribution in [1.82, 2.24) is 15.1 Å². The maximum absolute atomic E-state index is 13.2. The van der Waals surface area contributed by atoms with Crippen molar-refractivity contribution < 1.29 is 18.0 Å². The van der Waals surface area contributed by atoms with Gasteiger partial charge in [-0.3, -0.25) is 9.48 Å². The highest BCUT2D eigenvalue weighted by Gasteiger charge is 2.33. The van der Waals surface area contributed by atoms with E-state index in [4.69, 9.17) is 5.73 Å². The third kappa shape index (κ3) is 4.71. The van der Waals surface area contributed by atoms with Crippen LogP contribution in [-0.2, 0) is 19.6 Å². The fourth-order valence-electron chi connectivity index (χ4n) is 3.43. The summed E-state index contributed by atoms with van der Waals surface area (Å²) in [4.78, 5) is 12.7. The van der Waals surface area contributed by atoms with Crippen LogP contribution in [0.3, 0.4) is 0 Å². The van der Waals surface area contributed by atoms with E-state index >= 15 is 0 Å². The smallest absolute Gasteiger partial charge is 0.348 e. The van der Waals surface area contributed by atoms with E-state index in [9.17, 15) is 18.0 Å². The Morgan fingerprint density at radius 1 is 1.20 bits per heavy atom. The molecule has 3 rings (SSSR count). The highest BCUT2D eigenvalue weighted by Crippen LogP contribution is 2.32. The Morgan fingerprint density at radius 2 is 1.93 bits per heavy atom. The molecule has 30 heavy (non-hydrogen) atoms. The van der Waals surface area contributed by atoms with Gasteiger partial charge >= 0.3 is 6.18 Å². The highest BCUT2D eigenvalue weighted by atomic mass is 19.4. The molecule has 0 radical (unpaired) electrons. The molecule has 1 aromatic heterocycles. The second kappa shape index (κ2) is 8.71. The molecule has 3 N–H and O–H groups in total. The van der Waals surface area contributed by atoms with E-state index in [1.54, 1.807) is 29.1 Å². The molecule has 8 heteroatoms. The minimum atomic E-state index is -4.46. The number of alkyl halides is 3. The summed E-state index contributed by atoms with van der Waals surface area (Å²) < 4.78 is 41.4. The number of hydrogen-bond donors (Lipinski definition) is 2. The Balaban J connectivity index is 1.77. The van der Waals surface area contributed by atoms with Crippen molar-refractivity contribution in [2.24, 2.45) is 12.8 Å². The van der Waals surface area contributed by atoms with Gasteiger partial charge in [-0.1, -0.05) is 24.3 Å². The lowest BCUT2D eigenvalue weighted by Crippen LogP contribution is -2.42. The van der Waals surface area contributed by atoms with Crippen LogP contribution in [0.15, 0.2) is 54.7 Å². The number of aryl methyl sites for hydroxylation is 2. The zero-order valence-electron chi connectivity index (χ0n) is 16.7. The molecule has 0 bridgehead atoms. The zero-order valence-corrected chi connectivity index (χ0v) is 16.7. The number of halogens is 3. The van der Waals surface area contributed by atoms with Crippen LogP contribution in [0.25, 0.3) is 11.3 Å². The van der Waals surface area contributed by atoms with Gasteiger partial charge in [-0.05, 0) is 48.7 Å². The Kier molecular flexibility index (Phi) is 6.26. The standard InChI is InChI=1S/C22H23F3N4O/c1-14-11-16(7-8-18(14)20-9-10-27-29(20)2)21(30)28-17(13-26)12-15-5-3-4-6-19(15)22(23,24)25/h3-11,17H,12-13,26H2,1-2H3,(H,28,30)/t17-/m1/s1. The van der Waals surface area contributed by atoms with Crippen molar-refractivity contribution in [2.45, 2.75) is 25.6 Å². The van der Waals surface area contributed by atoms with Crippen LogP contribution in [-0.4, -0.2) is 28.3 Å². The van der Waals surface area contributed by atoms with Gasteiger partial charge in [-0.15, -0.1) is 0 Å². The average molecular weight is 416 g/mol.